The number of rotatable bonds is 5. The summed E-state index contributed by atoms with van der Waals surface area (Å²) in [5.41, 5.74) is 8.04. The van der Waals surface area contributed by atoms with E-state index in [1.54, 1.807) is 0 Å². The zero-order valence-corrected chi connectivity index (χ0v) is 15.7. The van der Waals surface area contributed by atoms with Crippen LogP contribution >= 0.6 is 11.3 Å². The van der Waals surface area contributed by atoms with Gasteiger partial charge in [0.1, 0.15) is 4.83 Å². The van der Waals surface area contributed by atoms with Gasteiger partial charge in [-0.2, -0.15) is 0 Å². The third-order valence-electron chi connectivity index (χ3n) is 4.60. The van der Waals surface area contributed by atoms with E-state index in [0.717, 1.165) is 26.8 Å². The molecule has 0 bridgehead atoms. The molecule has 6 nitrogen and oxygen atoms in total. The molecule has 4 aromatic rings. The molecule has 2 heterocycles. The van der Waals surface area contributed by atoms with Crippen molar-refractivity contribution in [3.63, 3.8) is 0 Å². The molecule has 0 spiro atoms. The molecule has 0 aliphatic heterocycles. The molecular formula is C21H17N3O3S. The van der Waals surface area contributed by atoms with E-state index >= 15 is 0 Å². The van der Waals surface area contributed by atoms with Gasteiger partial charge in [-0.1, -0.05) is 54.6 Å². The number of benzene rings is 2. The smallest absolute Gasteiger partial charge is 0.329 e. The Morgan fingerprint density at radius 2 is 1.61 bits per heavy atom. The number of H-pyrrole nitrogens is 1. The molecule has 0 fully saturated rings. The summed E-state index contributed by atoms with van der Waals surface area (Å²) in [6.07, 6.45) is -0.0697. The molecule has 0 radical (unpaired) electrons. The topological polar surface area (TPSA) is 97.9 Å². The minimum Gasteiger partial charge on any atom is -0.370 e. The third kappa shape index (κ3) is 3.27. The zero-order chi connectivity index (χ0) is 19.7. The molecular weight excluding hydrogens is 374 g/mol. The van der Waals surface area contributed by atoms with Crippen molar-refractivity contribution in [2.45, 2.75) is 13.0 Å². The number of carbonyl (C=O) groups excluding carboxylic acids is 1. The van der Waals surface area contributed by atoms with Gasteiger partial charge in [0.25, 0.3) is 5.56 Å². The first-order valence-corrected chi connectivity index (χ1v) is 9.61. The van der Waals surface area contributed by atoms with Gasteiger partial charge in [0.05, 0.1) is 5.39 Å². The number of hydrogen-bond acceptors (Lipinski definition) is 4. The van der Waals surface area contributed by atoms with Crippen molar-refractivity contribution in [1.29, 1.82) is 0 Å². The van der Waals surface area contributed by atoms with Crippen LogP contribution in [0.5, 0.6) is 0 Å². The van der Waals surface area contributed by atoms with E-state index in [1.165, 1.54) is 11.3 Å². The van der Waals surface area contributed by atoms with Crippen molar-refractivity contribution in [1.82, 2.24) is 9.55 Å². The zero-order valence-electron chi connectivity index (χ0n) is 14.8. The number of primary amides is 1. The first kappa shape index (κ1) is 17.9. The summed E-state index contributed by atoms with van der Waals surface area (Å²) in [6, 6.07) is 18.0. The second-order valence-corrected chi connectivity index (χ2v) is 7.28. The van der Waals surface area contributed by atoms with Gasteiger partial charge in [0, 0.05) is 23.9 Å². The van der Waals surface area contributed by atoms with Gasteiger partial charge >= 0.3 is 5.69 Å². The highest BCUT2D eigenvalue weighted by molar-refractivity contribution is 7.17. The summed E-state index contributed by atoms with van der Waals surface area (Å²) in [4.78, 5) is 39.4. The number of thiophene rings is 1. The lowest BCUT2D eigenvalue weighted by molar-refractivity contribution is -0.118. The summed E-state index contributed by atoms with van der Waals surface area (Å²) in [5.74, 6) is -0.562. The highest BCUT2D eigenvalue weighted by atomic mass is 32.1. The van der Waals surface area contributed by atoms with E-state index in [4.69, 9.17) is 5.73 Å². The lowest BCUT2D eigenvalue weighted by Crippen LogP contribution is -2.35. The predicted octanol–water partition coefficient (Wildman–Crippen LogP) is 2.96. The lowest BCUT2D eigenvalue weighted by atomic mass is 10.0. The number of fused-ring (bicyclic) bond motifs is 1. The van der Waals surface area contributed by atoms with Crippen LogP contribution in [0.25, 0.3) is 32.5 Å². The van der Waals surface area contributed by atoms with Gasteiger partial charge in [0.15, 0.2) is 0 Å². The Labute approximate surface area is 163 Å². The molecule has 140 valence electrons. The van der Waals surface area contributed by atoms with E-state index < -0.39 is 17.2 Å². The molecule has 4 rings (SSSR count). The van der Waals surface area contributed by atoms with Crippen LogP contribution < -0.4 is 17.0 Å². The van der Waals surface area contributed by atoms with Crippen molar-refractivity contribution < 1.29 is 4.79 Å². The Morgan fingerprint density at radius 1 is 0.964 bits per heavy atom. The van der Waals surface area contributed by atoms with Gasteiger partial charge in [-0.05, 0) is 16.7 Å². The van der Waals surface area contributed by atoms with E-state index in [0.29, 0.717) is 10.2 Å². The van der Waals surface area contributed by atoms with E-state index in [9.17, 15) is 14.4 Å². The summed E-state index contributed by atoms with van der Waals surface area (Å²) in [7, 11) is 0. The minimum absolute atomic E-state index is 0.0400. The highest BCUT2D eigenvalue weighted by Crippen LogP contribution is 2.31. The van der Waals surface area contributed by atoms with Gasteiger partial charge in [-0.25, -0.2) is 4.79 Å². The maximum absolute atomic E-state index is 12.9. The molecule has 2 aromatic heterocycles. The van der Waals surface area contributed by atoms with Crippen molar-refractivity contribution in [3.05, 3.63) is 80.8 Å². The molecule has 28 heavy (non-hydrogen) atoms. The summed E-state index contributed by atoms with van der Waals surface area (Å²) < 4.78 is 1.03. The summed E-state index contributed by atoms with van der Waals surface area (Å²) in [6.45, 7) is -0.0400. The third-order valence-corrected chi connectivity index (χ3v) is 5.50. The standard InChI is InChI=1S/C21H17N3O3S/c22-17(25)10-11-24-20(26)18-16(12-28-19(18)23-21(24)27)15-8-6-14(7-9-15)13-4-2-1-3-5-13/h1-9,12H,10-11H2,(H2,22,25)(H,23,27). The Morgan fingerprint density at radius 3 is 2.29 bits per heavy atom. The van der Waals surface area contributed by atoms with Crippen LogP contribution in [0.2, 0.25) is 0 Å². The van der Waals surface area contributed by atoms with Crippen molar-refractivity contribution in [2.24, 2.45) is 5.73 Å². The Bertz CT molecular complexity index is 1270. The highest BCUT2D eigenvalue weighted by Gasteiger charge is 2.15. The number of nitrogens with one attached hydrogen (secondary N) is 1. The molecule has 2 aromatic carbocycles. The van der Waals surface area contributed by atoms with Crippen molar-refractivity contribution in [2.75, 3.05) is 0 Å². The fraction of sp³-hybridized carbons (Fsp3) is 0.0952. The second-order valence-electron chi connectivity index (χ2n) is 6.40. The second kappa shape index (κ2) is 7.28. The predicted molar refractivity (Wildman–Crippen MR) is 111 cm³/mol. The molecule has 1 amide bonds. The first-order chi connectivity index (χ1) is 13.5. The molecule has 0 aliphatic rings. The quantitative estimate of drug-likeness (QED) is 0.547. The lowest BCUT2D eigenvalue weighted by Gasteiger charge is -2.06. The Hall–Kier alpha value is -3.45. The van der Waals surface area contributed by atoms with E-state index in [-0.39, 0.29) is 13.0 Å². The summed E-state index contributed by atoms with van der Waals surface area (Å²) in [5, 5.41) is 2.30. The number of aromatic nitrogens is 2. The maximum Gasteiger partial charge on any atom is 0.329 e. The van der Waals surface area contributed by atoms with Gasteiger partial charge in [-0.3, -0.25) is 19.1 Å². The number of nitrogens with two attached hydrogens (primary N) is 1. The number of hydrogen-bond donors (Lipinski definition) is 2. The van der Waals surface area contributed by atoms with E-state index in [1.807, 2.05) is 60.0 Å². The fourth-order valence-electron chi connectivity index (χ4n) is 3.16. The largest absolute Gasteiger partial charge is 0.370 e. The van der Waals surface area contributed by atoms with Gasteiger partial charge < -0.3 is 5.73 Å². The van der Waals surface area contributed by atoms with Crippen LogP contribution in [0.4, 0.5) is 0 Å². The molecule has 0 saturated heterocycles. The Kier molecular flexibility index (Phi) is 4.67. The number of amides is 1. The fourth-order valence-corrected chi connectivity index (χ4v) is 4.12. The van der Waals surface area contributed by atoms with Crippen LogP contribution in [0.3, 0.4) is 0 Å². The molecule has 3 N–H and O–H groups in total. The van der Waals surface area contributed by atoms with Crippen molar-refractivity contribution in [3.8, 4) is 22.3 Å². The SMILES string of the molecule is NC(=O)CCn1c(=O)[nH]c2scc(-c3ccc(-c4ccccc4)cc3)c2c1=O. The normalized spacial score (nSPS) is 11.0. The maximum atomic E-state index is 12.9. The van der Waals surface area contributed by atoms with Gasteiger partial charge in [-0.15, -0.1) is 11.3 Å². The van der Waals surface area contributed by atoms with Gasteiger partial charge in [0.2, 0.25) is 5.91 Å². The van der Waals surface area contributed by atoms with Crippen LogP contribution in [-0.2, 0) is 11.3 Å². The average Bonchev–Trinajstić information content (AvgIpc) is 3.12. The molecule has 0 saturated carbocycles. The van der Waals surface area contributed by atoms with Crippen LogP contribution in [0.1, 0.15) is 6.42 Å². The molecule has 7 heteroatoms. The molecule has 0 aliphatic carbocycles. The van der Waals surface area contributed by atoms with Crippen molar-refractivity contribution >= 4 is 27.5 Å². The minimum atomic E-state index is -0.562. The monoisotopic (exact) mass is 391 g/mol. The average molecular weight is 391 g/mol. The number of carbonyl (C=O) groups is 1. The summed E-state index contributed by atoms with van der Waals surface area (Å²) >= 11 is 1.31. The molecule has 0 unspecified atom stereocenters. The van der Waals surface area contributed by atoms with Crippen LogP contribution in [-0.4, -0.2) is 15.5 Å². The molecule has 0 atom stereocenters. The van der Waals surface area contributed by atoms with Crippen LogP contribution in [0.15, 0.2) is 69.6 Å². The number of aromatic amines is 1. The number of nitrogens with zero attached hydrogens (tertiary/aromatic N) is 1. The van der Waals surface area contributed by atoms with E-state index in [2.05, 4.69) is 4.98 Å². The Balaban J connectivity index is 1.79. The first-order valence-electron chi connectivity index (χ1n) is 8.73. The van der Waals surface area contributed by atoms with Crippen LogP contribution in [0, 0.1) is 0 Å².